The van der Waals surface area contributed by atoms with E-state index in [-0.39, 0.29) is 0 Å². The number of carbonyl (C=O) groups is 1. The second-order valence-corrected chi connectivity index (χ2v) is 2.61. The lowest BCUT2D eigenvalue weighted by atomic mass is 10.1. The number of aliphatic hydroxyl groups excluding tert-OH is 3. The van der Waals surface area contributed by atoms with Gasteiger partial charge in [0.2, 0.25) is 0 Å². The second kappa shape index (κ2) is 4.08. The van der Waals surface area contributed by atoms with Crippen LogP contribution >= 0.6 is 0 Å². The van der Waals surface area contributed by atoms with Crippen LogP contribution in [0.15, 0.2) is 11.3 Å². The minimum absolute atomic E-state index is 0.364. The van der Waals surface area contributed by atoms with E-state index in [1.807, 2.05) is 0 Å². The molecule has 0 fully saturated rings. The zero-order valence-corrected chi connectivity index (χ0v) is 6.85. The Kier molecular flexibility index (Phi) is 3.72. The monoisotopic (exact) mass is 176 g/mol. The average Bonchev–Trinajstić information content (AvgIpc) is 2.00. The average molecular weight is 176 g/mol. The minimum Gasteiger partial charge on any atom is -0.510 e. The molecule has 0 aliphatic heterocycles. The third-order valence-corrected chi connectivity index (χ3v) is 1.34. The highest BCUT2D eigenvalue weighted by Crippen LogP contribution is 2.08. The van der Waals surface area contributed by atoms with Crippen molar-refractivity contribution in [1.82, 2.24) is 0 Å². The molecule has 0 bridgehead atoms. The molecule has 4 N–H and O–H groups in total. The van der Waals surface area contributed by atoms with Crippen LogP contribution in [0.3, 0.4) is 0 Å². The lowest BCUT2D eigenvalue weighted by molar-refractivity contribution is -0.152. The molecule has 0 radical (unpaired) electrons. The number of carboxylic acid groups (broad SMARTS) is 1. The Balaban J connectivity index is 4.50. The molecular weight excluding hydrogens is 164 g/mol. The van der Waals surface area contributed by atoms with E-state index in [0.29, 0.717) is 5.57 Å². The Labute approximate surface area is 69.6 Å². The third-order valence-electron chi connectivity index (χ3n) is 1.34. The molecule has 12 heavy (non-hydrogen) atoms. The van der Waals surface area contributed by atoms with Crippen LogP contribution in [0.5, 0.6) is 0 Å². The van der Waals surface area contributed by atoms with Gasteiger partial charge in [0.05, 0.1) is 0 Å². The van der Waals surface area contributed by atoms with E-state index >= 15 is 0 Å². The largest absolute Gasteiger partial charge is 0.510 e. The number of carboxylic acids is 1. The first kappa shape index (κ1) is 10.9. The van der Waals surface area contributed by atoms with E-state index in [1.54, 1.807) is 0 Å². The van der Waals surface area contributed by atoms with E-state index in [1.165, 1.54) is 13.8 Å². The van der Waals surface area contributed by atoms with Crippen LogP contribution in [0.2, 0.25) is 0 Å². The second-order valence-electron chi connectivity index (χ2n) is 2.61. The summed E-state index contributed by atoms with van der Waals surface area (Å²) in [6.45, 7) is 2.99. The molecule has 0 aromatic rings. The fourth-order valence-electron chi connectivity index (χ4n) is 0.580. The Morgan fingerprint density at radius 1 is 1.08 bits per heavy atom. The molecule has 0 saturated heterocycles. The topological polar surface area (TPSA) is 98.0 Å². The highest BCUT2D eigenvalue weighted by molar-refractivity contribution is 5.73. The third kappa shape index (κ3) is 2.52. The van der Waals surface area contributed by atoms with Crippen LogP contribution in [-0.4, -0.2) is 38.6 Å². The normalized spacial score (nSPS) is 15.0. The van der Waals surface area contributed by atoms with E-state index < -0.39 is 23.9 Å². The standard InChI is InChI=1S/C7H12O5/c1-3(2)4(8)5(9)6(10)7(11)12/h5-6,8-10H,1-2H3,(H,11,12)/t5-,6-/m1/s1. The predicted molar refractivity (Wildman–Crippen MR) is 40.7 cm³/mol. The van der Waals surface area contributed by atoms with Crippen molar-refractivity contribution in [2.75, 3.05) is 0 Å². The molecule has 0 saturated carbocycles. The molecule has 0 amide bonds. The smallest absolute Gasteiger partial charge is 0.335 e. The Morgan fingerprint density at radius 2 is 1.50 bits per heavy atom. The number of allylic oxidation sites excluding steroid dienone is 1. The maximum Gasteiger partial charge on any atom is 0.335 e. The fraction of sp³-hybridized carbons (Fsp3) is 0.571. The zero-order valence-electron chi connectivity index (χ0n) is 6.85. The molecule has 0 rings (SSSR count). The first-order valence-electron chi connectivity index (χ1n) is 3.33. The first-order chi connectivity index (χ1) is 5.37. The molecule has 0 aromatic heterocycles. The lowest BCUT2D eigenvalue weighted by Gasteiger charge is -2.14. The molecular formula is C7H12O5. The summed E-state index contributed by atoms with van der Waals surface area (Å²) in [4.78, 5) is 10.1. The van der Waals surface area contributed by atoms with Gasteiger partial charge >= 0.3 is 5.97 Å². The molecule has 2 atom stereocenters. The number of hydrogen-bond acceptors (Lipinski definition) is 4. The summed E-state index contributed by atoms with van der Waals surface area (Å²) < 4.78 is 0. The highest BCUT2D eigenvalue weighted by atomic mass is 16.4. The van der Waals surface area contributed by atoms with Gasteiger partial charge in [-0.25, -0.2) is 4.79 Å². The predicted octanol–water partition coefficient (Wildman–Crippen LogP) is -0.355. The van der Waals surface area contributed by atoms with Crippen molar-refractivity contribution in [2.24, 2.45) is 0 Å². The van der Waals surface area contributed by atoms with E-state index in [9.17, 15) is 4.79 Å². The quantitative estimate of drug-likeness (QED) is 0.440. The number of rotatable bonds is 3. The van der Waals surface area contributed by atoms with Crippen molar-refractivity contribution < 1.29 is 25.2 Å². The molecule has 0 unspecified atom stereocenters. The molecule has 0 spiro atoms. The van der Waals surface area contributed by atoms with E-state index in [2.05, 4.69) is 0 Å². The van der Waals surface area contributed by atoms with Crippen LogP contribution in [-0.2, 0) is 4.79 Å². The van der Waals surface area contributed by atoms with Crippen LogP contribution in [0, 0.1) is 0 Å². The van der Waals surface area contributed by atoms with Gasteiger partial charge in [-0.05, 0) is 19.4 Å². The number of aliphatic hydroxyl groups is 3. The van der Waals surface area contributed by atoms with Gasteiger partial charge in [-0.1, -0.05) is 0 Å². The van der Waals surface area contributed by atoms with Crippen molar-refractivity contribution in [3.05, 3.63) is 11.3 Å². The lowest BCUT2D eigenvalue weighted by Crippen LogP contribution is -2.35. The summed E-state index contributed by atoms with van der Waals surface area (Å²) in [5.74, 6) is -2.08. The van der Waals surface area contributed by atoms with Crippen molar-refractivity contribution >= 4 is 5.97 Å². The maximum atomic E-state index is 10.1. The summed E-state index contributed by atoms with van der Waals surface area (Å²) in [7, 11) is 0. The number of hydrogen-bond donors (Lipinski definition) is 4. The van der Waals surface area contributed by atoms with E-state index in [4.69, 9.17) is 20.4 Å². The first-order valence-corrected chi connectivity index (χ1v) is 3.33. The Bertz CT molecular complexity index is 204. The summed E-state index contributed by atoms with van der Waals surface area (Å²) in [5.41, 5.74) is 0.364. The SMILES string of the molecule is CC(C)=C(O)[C@@H](O)[C@@H](O)C(=O)O. The molecule has 0 aliphatic rings. The molecule has 0 aliphatic carbocycles. The van der Waals surface area contributed by atoms with Crippen LogP contribution in [0.1, 0.15) is 13.8 Å². The van der Waals surface area contributed by atoms with Gasteiger partial charge in [0, 0.05) is 0 Å². The molecule has 0 aromatic carbocycles. The Morgan fingerprint density at radius 3 is 1.75 bits per heavy atom. The maximum absolute atomic E-state index is 10.1. The molecule has 70 valence electrons. The van der Waals surface area contributed by atoms with Gasteiger partial charge in [0.25, 0.3) is 0 Å². The summed E-state index contributed by atoms with van der Waals surface area (Å²) >= 11 is 0. The molecule has 0 heterocycles. The van der Waals surface area contributed by atoms with Crippen molar-refractivity contribution in [3.8, 4) is 0 Å². The van der Waals surface area contributed by atoms with E-state index in [0.717, 1.165) is 0 Å². The van der Waals surface area contributed by atoms with Crippen LogP contribution in [0.25, 0.3) is 0 Å². The molecule has 5 heteroatoms. The molecule has 5 nitrogen and oxygen atoms in total. The van der Waals surface area contributed by atoms with Crippen LogP contribution < -0.4 is 0 Å². The zero-order chi connectivity index (χ0) is 9.89. The fourth-order valence-corrected chi connectivity index (χ4v) is 0.580. The van der Waals surface area contributed by atoms with Gasteiger partial charge < -0.3 is 20.4 Å². The van der Waals surface area contributed by atoms with Crippen LogP contribution in [0.4, 0.5) is 0 Å². The van der Waals surface area contributed by atoms with Gasteiger partial charge in [-0.15, -0.1) is 0 Å². The highest BCUT2D eigenvalue weighted by Gasteiger charge is 2.27. The number of aliphatic carboxylic acids is 1. The van der Waals surface area contributed by atoms with Crippen molar-refractivity contribution in [1.29, 1.82) is 0 Å². The van der Waals surface area contributed by atoms with Gasteiger partial charge in [0.15, 0.2) is 6.10 Å². The van der Waals surface area contributed by atoms with Crippen molar-refractivity contribution in [3.63, 3.8) is 0 Å². The van der Waals surface area contributed by atoms with Crippen molar-refractivity contribution in [2.45, 2.75) is 26.1 Å². The van der Waals surface area contributed by atoms with Gasteiger partial charge in [-0.2, -0.15) is 0 Å². The summed E-state index contributed by atoms with van der Waals surface area (Å²) in [6.07, 6.45) is -3.74. The van der Waals surface area contributed by atoms with Gasteiger partial charge in [-0.3, -0.25) is 0 Å². The van der Waals surface area contributed by atoms with Gasteiger partial charge in [0.1, 0.15) is 11.9 Å². The minimum atomic E-state index is -1.99. The summed E-state index contributed by atoms with van der Waals surface area (Å²) in [5, 5.41) is 35.0. The Hall–Kier alpha value is -1.07. The summed E-state index contributed by atoms with van der Waals surface area (Å²) in [6, 6.07) is 0.